The normalized spacial score (nSPS) is 52.2. The van der Waals surface area contributed by atoms with Gasteiger partial charge in [0.05, 0.1) is 5.41 Å². The topological polar surface area (TPSA) is 69.7 Å². The van der Waals surface area contributed by atoms with E-state index in [-0.39, 0.29) is 40.9 Å². The summed E-state index contributed by atoms with van der Waals surface area (Å²) in [6.45, 7) is 5.80. The summed E-state index contributed by atoms with van der Waals surface area (Å²) >= 11 is 0. The molecule has 9 atom stereocenters. The van der Waals surface area contributed by atoms with Crippen molar-refractivity contribution in [2.75, 3.05) is 0 Å². The van der Waals surface area contributed by atoms with Crippen molar-refractivity contribution in [3.8, 4) is 0 Å². The summed E-state index contributed by atoms with van der Waals surface area (Å²) in [5, 5.41) is 0. The number of cyclic esters (lactones) is 1. The highest BCUT2D eigenvalue weighted by Gasteiger charge is 2.69. The minimum atomic E-state index is -0.320. The maximum Gasteiger partial charge on any atom is 0.313 e. The standard InChI is InChI=1S/C23H32O5/c1-12-16-4-5-18-15-11-20(25)19-10-14(28-13(2)24)6-8-22(19,3)17(15)7-9-23(16,18)21(26)27-12/h12,14-19H,4-11H2,1-3H3. The molecule has 4 aliphatic carbocycles. The lowest BCUT2D eigenvalue weighted by molar-refractivity contribution is -0.174. The third-order valence-electron chi connectivity index (χ3n) is 9.56. The van der Waals surface area contributed by atoms with Crippen molar-refractivity contribution in [3.63, 3.8) is 0 Å². The highest BCUT2D eigenvalue weighted by Crippen LogP contribution is 2.69. The van der Waals surface area contributed by atoms with Crippen molar-refractivity contribution in [1.29, 1.82) is 0 Å². The van der Waals surface area contributed by atoms with E-state index < -0.39 is 0 Å². The lowest BCUT2D eigenvalue weighted by atomic mass is 9.44. The maximum atomic E-state index is 13.3. The van der Waals surface area contributed by atoms with Gasteiger partial charge in [0.25, 0.3) is 0 Å². The number of ketones is 1. The van der Waals surface area contributed by atoms with Crippen molar-refractivity contribution >= 4 is 17.7 Å². The van der Waals surface area contributed by atoms with Gasteiger partial charge in [-0.05, 0) is 75.0 Å². The molecule has 0 amide bonds. The first-order chi connectivity index (χ1) is 13.3. The van der Waals surface area contributed by atoms with Crippen LogP contribution in [0.5, 0.6) is 0 Å². The number of carbonyl (C=O) groups is 3. The second kappa shape index (κ2) is 6.06. The predicted octanol–water partition coefficient (Wildman–Crippen LogP) is 3.68. The summed E-state index contributed by atoms with van der Waals surface area (Å²) < 4.78 is 11.2. The number of esters is 2. The second-order valence-electron chi connectivity index (χ2n) is 10.5. The molecular weight excluding hydrogens is 356 g/mol. The van der Waals surface area contributed by atoms with Crippen LogP contribution >= 0.6 is 0 Å². The van der Waals surface area contributed by atoms with Crippen LogP contribution in [0.2, 0.25) is 0 Å². The lowest BCUT2D eigenvalue weighted by Gasteiger charge is -2.59. The second-order valence-corrected chi connectivity index (χ2v) is 10.5. The van der Waals surface area contributed by atoms with Gasteiger partial charge in [0.15, 0.2) is 0 Å². The van der Waals surface area contributed by atoms with Gasteiger partial charge in [0.1, 0.15) is 18.0 Å². The van der Waals surface area contributed by atoms with Crippen molar-refractivity contribution < 1.29 is 23.9 Å². The number of carbonyl (C=O) groups excluding carboxylic acids is 3. The Labute approximate surface area is 166 Å². The quantitative estimate of drug-likeness (QED) is 0.641. The van der Waals surface area contributed by atoms with Crippen molar-refractivity contribution in [2.24, 2.45) is 40.4 Å². The third-order valence-corrected chi connectivity index (χ3v) is 9.56. The molecule has 0 N–H and O–H groups in total. The molecule has 1 heterocycles. The van der Waals surface area contributed by atoms with Gasteiger partial charge in [0, 0.05) is 25.2 Å². The van der Waals surface area contributed by atoms with E-state index in [1.165, 1.54) is 6.92 Å². The molecule has 1 aliphatic heterocycles. The molecule has 0 aromatic heterocycles. The number of rotatable bonds is 1. The summed E-state index contributed by atoms with van der Waals surface area (Å²) in [6, 6.07) is 0. The first-order valence-electron chi connectivity index (χ1n) is 11.2. The van der Waals surface area contributed by atoms with E-state index in [0.29, 0.717) is 42.3 Å². The van der Waals surface area contributed by atoms with E-state index in [2.05, 4.69) is 6.92 Å². The molecule has 1 saturated heterocycles. The van der Waals surface area contributed by atoms with Crippen LogP contribution in [-0.2, 0) is 23.9 Å². The van der Waals surface area contributed by atoms with E-state index in [1.807, 2.05) is 6.92 Å². The van der Waals surface area contributed by atoms with Crippen LogP contribution in [0.3, 0.4) is 0 Å². The maximum absolute atomic E-state index is 13.3. The van der Waals surface area contributed by atoms with Crippen LogP contribution in [0.15, 0.2) is 0 Å². The van der Waals surface area contributed by atoms with Crippen molar-refractivity contribution in [1.82, 2.24) is 0 Å². The van der Waals surface area contributed by atoms with E-state index in [1.54, 1.807) is 0 Å². The van der Waals surface area contributed by atoms with Crippen molar-refractivity contribution in [3.05, 3.63) is 0 Å². The fourth-order valence-electron chi connectivity index (χ4n) is 8.48. The number of Topliss-reactive ketones (excluding diaryl/α,β-unsaturated/α-hetero) is 1. The highest BCUT2D eigenvalue weighted by molar-refractivity contribution is 5.85. The van der Waals surface area contributed by atoms with E-state index in [4.69, 9.17) is 9.47 Å². The average Bonchev–Trinajstić information content (AvgIpc) is 3.13. The highest BCUT2D eigenvalue weighted by atomic mass is 16.6. The summed E-state index contributed by atoms with van der Waals surface area (Å²) in [4.78, 5) is 37.6. The molecular formula is C23H32O5. The van der Waals surface area contributed by atoms with Crippen LogP contribution in [0.1, 0.15) is 72.1 Å². The molecule has 5 nitrogen and oxygen atoms in total. The summed E-state index contributed by atoms with van der Waals surface area (Å²) in [6.07, 6.45) is 7.04. The Morgan fingerprint density at radius 1 is 1.07 bits per heavy atom. The number of fused-ring (bicyclic) bond motifs is 4. The van der Waals surface area contributed by atoms with Gasteiger partial charge >= 0.3 is 11.9 Å². The molecule has 1 spiro atoms. The molecule has 4 saturated carbocycles. The first-order valence-corrected chi connectivity index (χ1v) is 11.2. The molecule has 5 heteroatoms. The summed E-state index contributed by atoms with van der Waals surface area (Å²) in [7, 11) is 0. The predicted molar refractivity (Wildman–Crippen MR) is 101 cm³/mol. The number of hydrogen-bond donors (Lipinski definition) is 0. The van der Waals surface area contributed by atoms with Crippen LogP contribution in [-0.4, -0.2) is 29.9 Å². The molecule has 0 aromatic carbocycles. The fourth-order valence-corrected chi connectivity index (χ4v) is 8.48. The van der Waals surface area contributed by atoms with Crippen LogP contribution in [0.4, 0.5) is 0 Å². The van der Waals surface area contributed by atoms with Gasteiger partial charge in [-0.3, -0.25) is 14.4 Å². The molecule has 9 unspecified atom stereocenters. The zero-order valence-electron chi connectivity index (χ0n) is 17.2. The fraction of sp³-hybridized carbons (Fsp3) is 0.870. The molecule has 5 aliphatic rings. The molecule has 5 rings (SSSR count). The lowest BCUT2D eigenvalue weighted by Crippen LogP contribution is -2.58. The van der Waals surface area contributed by atoms with E-state index in [0.717, 1.165) is 38.5 Å². The van der Waals surface area contributed by atoms with Crippen molar-refractivity contribution in [2.45, 2.75) is 84.3 Å². The van der Waals surface area contributed by atoms with Gasteiger partial charge in [-0.2, -0.15) is 0 Å². The summed E-state index contributed by atoms with van der Waals surface area (Å²) in [5.74, 6) is 1.55. The van der Waals surface area contributed by atoms with Gasteiger partial charge in [-0.15, -0.1) is 0 Å². The Morgan fingerprint density at radius 2 is 1.82 bits per heavy atom. The largest absolute Gasteiger partial charge is 0.463 e. The van der Waals surface area contributed by atoms with Crippen LogP contribution in [0, 0.1) is 40.4 Å². The number of hydrogen-bond acceptors (Lipinski definition) is 5. The van der Waals surface area contributed by atoms with Crippen LogP contribution in [0.25, 0.3) is 0 Å². The van der Waals surface area contributed by atoms with E-state index in [9.17, 15) is 14.4 Å². The van der Waals surface area contributed by atoms with Gasteiger partial charge in [0.2, 0.25) is 0 Å². The Bertz CT molecular complexity index is 731. The average molecular weight is 389 g/mol. The zero-order chi connectivity index (χ0) is 19.8. The molecule has 5 fully saturated rings. The molecule has 0 aromatic rings. The molecule has 0 bridgehead atoms. The molecule has 154 valence electrons. The Kier molecular flexibility index (Phi) is 4.03. The van der Waals surface area contributed by atoms with Gasteiger partial charge < -0.3 is 9.47 Å². The van der Waals surface area contributed by atoms with Crippen LogP contribution < -0.4 is 0 Å². The first kappa shape index (κ1) is 18.6. The smallest absolute Gasteiger partial charge is 0.313 e. The van der Waals surface area contributed by atoms with Gasteiger partial charge in [-0.1, -0.05) is 6.92 Å². The Morgan fingerprint density at radius 3 is 2.57 bits per heavy atom. The SMILES string of the molecule is CC(=O)OC1CCC2(C)C(C1)C(=O)CC1C2CCC23C(=O)OC(C)C2CCC13. The minimum Gasteiger partial charge on any atom is -0.463 e. The van der Waals surface area contributed by atoms with Gasteiger partial charge in [-0.25, -0.2) is 0 Å². The monoisotopic (exact) mass is 388 g/mol. The molecule has 28 heavy (non-hydrogen) atoms. The Hall–Kier alpha value is -1.39. The summed E-state index contributed by atoms with van der Waals surface area (Å²) in [5.41, 5.74) is -0.344. The third kappa shape index (κ3) is 2.28. The molecule has 0 radical (unpaired) electrons. The Balaban J connectivity index is 1.44. The van der Waals surface area contributed by atoms with E-state index >= 15 is 0 Å². The number of ether oxygens (including phenoxy) is 2. The zero-order valence-corrected chi connectivity index (χ0v) is 17.2. The minimum absolute atomic E-state index is 0.00690.